The number of amides is 1. The van der Waals surface area contributed by atoms with E-state index in [1.807, 2.05) is 18.2 Å². The summed E-state index contributed by atoms with van der Waals surface area (Å²) in [7, 11) is -3.82. The van der Waals surface area contributed by atoms with Gasteiger partial charge in [0.1, 0.15) is 12.3 Å². The van der Waals surface area contributed by atoms with Crippen molar-refractivity contribution in [3.05, 3.63) is 81.8 Å². The highest BCUT2D eigenvalue weighted by atomic mass is 35.5. The second-order valence-electron chi connectivity index (χ2n) is 6.47. The van der Waals surface area contributed by atoms with Crippen LogP contribution in [0.3, 0.4) is 0 Å². The summed E-state index contributed by atoms with van der Waals surface area (Å²) in [6, 6.07) is 18.0. The number of anilines is 2. The Morgan fingerprint density at radius 1 is 0.968 bits per heavy atom. The average molecular weight is 500 g/mol. The van der Waals surface area contributed by atoms with Gasteiger partial charge in [0, 0.05) is 10.0 Å². The van der Waals surface area contributed by atoms with Crippen LogP contribution < -0.4 is 14.4 Å². The van der Waals surface area contributed by atoms with E-state index in [1.54, 1.807) is 24.3 Å². The van der Waals surface area contributed by atoms with Crippen molar-refractivity contribution in [2.75, 3.05) is 22.4 Å². The second-order valence-corrected chi connectivity index (χ2v) is 9.66. The van der Waals surface area contributed by atoms with Gasteiger partial charge in [0.25, 0.3) is 0 Å². The fourth-order valence-electron chi connectivity index (χ4n) is 2.69. The van der Waals surface area contributed by atoms with Crippen molar-refractivity contribution in [3.8, 4) is 11.5 Å². The number of hydrogen-bond acceptors (Lipinski definition) is 4. The molecule has 0 saturated carbocycles. The lowest BCUT2D eigenvalue weighted by molar-refractivity contribution is -0.114. The van der Waals surface area contributed by atoms with Gasteiger partial charge in [0.15, 0.2) is 5.75 Å². The number of rotatable bonds is 7. The molecule has 0 aliphatic rings. The van der Waals surface area contributed by atoms with E-state index in [0.717, 1.165) is 10.6 Å². The molecule has 3 rings (SSSR count). The van der Waals surface area contributed by atoms with Gasteiger partial charge >= 0.3 is 0 Å². The molecule has 0 spiro atoms. The fraction of sp³-hybridized carbons (Fsp3) is 0.0952. The number of hydrogen-bond donors (Lipinski definition) is 1. The topological polar surface area (TPSA) is 75.7 Å². The fourth-order valence-corrected chi connectivity index (χ4v) is 4.29. The monoisotopic (exact) mass is 498 g/mol. The van der Waals surface area contributed by atoms with Crippen LogP contribution in [0.4, 0.5) is 11.4 Å². The highest BCUT2D eigenvalue weighted by Gasteiger charge is 2.24. The van der Waals surface area contributed by atoms with Crippen LogP contribution in [0, 0.1) is 0 Å². The number of sulfonamides is 1. The Hall–Kier alpha value is -2.45. The van der Waals surface area contributed by atoms with Crippen molar-refractivity contribution in [2.45, 2.75) is 0 Å². The van der Waals surface area contributed by atoms with E-state index in [-0.39, 0.29) is 16.4 Å². The molecule has 3 aromatic carbocycles. The summed E-state index contributed by atoms with van der Waals surface area (Å²) >= 11 is 18.1. The Morgan fingerprint density at radius 3 is 2.26 bits per heavy atom. The van der Waals surface area contributed by atoms with Crippen LogP contribution in [0.15, 0.2) is 66.7 Å². The van der Waals surface area contributed by atoms with Gasteiger partial charge in [-0.1, -0.05) is 53.0 Å². The first-order valence-electron chi connectivity index (χ1n) is 8.88. The predicted molar refractivity (Wildman–Crippen MR) is 125 cm³/mol. The van der Waals surface area contributed by atoms with Crippen LogP contribution in [-0.4, -0.2) is 27.1 Å². The summed E-state index contributed by atoms with van der Waals surface area (Å²) in [6.45, 7) is -0.516. The third kappa shape index (κ3) is 6.27. The number of nitrogens with zero attached hydrogens (tertiary/aromatic N) is 1. The summed E-state index contributed by atoms with van der Waals surface area (Å²) in [5.41, 5.74) is 0.424. The normalized spacial score (nSPS) is 11.1. The van der Waals surface area contributed by atoms with Gasteiger partial charge in [-0.05, 0) is 48.5 Å². The van der Waals surface area contributed by atoms with Crippen molar-refractivity contribution in [1.29, 1.82) is 0 Å². The van der Waals surface area contributed by atoms with E-state index >= 15 is 0 Å². The van der Waals surface area contributed by atoms with E-state index in [0.29, 0.717) is 21.5 Å². The molecular weight excluding hydrogens is 483 g/mol. The Bertz CT molecular complexity index is 1200. The predicted octanol–water partition coefficient (Wildman–Crippen LogP) is 5.84. The van der Waals surface area contributed by atoms with E-state index in [2.05, 4.69) is 5.32 Å². The molecule has 6 nitrogen and oxygen atoms in total. The first-order valence-corrected chi connectivity index (χ1v) is 11.9. The number of carbonyl (C=O) groups excluding carboxylic acids is 1. The molecule has 0 atom stereocenters. The zero-order chi connectivity index (χ0) is 22.6. The van der Waals surface area contributed by atoms with Gasteiger partial charge in [-0.15, -0.1) is 0 Å². The van der Waals surface area contributed by atoms with Crippen LogP contribution >= 0.6 is 34.8 Å². The van der Waals surface area contributed by atoms with Crippen LogP contribution in [0.5, 0.6) is 11.5 Å². The number of ether oxygens (including phenoxy) is 1. The summed E-state index contributed by atoms with van der Waals surface area (Å²) < 4.78 is 31.4. The molecule has 0 radical (unpaired) electrons. The molecule has 0 unspecified atom stereocenters. The number of para-hydroxylation sites is 1. The Morgan fingerprint density at radius 2 is 1.61 bits per heavy atom. The Balaban J connectivity index is 1.85. The molecule has 31 heavy (non-hydrogen) atoms. The van der Waals surface area contributed by atoms with E-state index in [4.69, 9.17) is 39.5 Å². The molecule has 0 aromatic heterocycles. The SMILES string of the molecule is CS(=O)(=O)N(CC(=O)Nc1cc(Cl)ccc1Oc1ccccc1)c1ccc(Cl)cc1Cl. The van der Waals surface area contributed by atoms with Crippen molar-refractivity contribution in [3.63, 3.8) is 0 Å². The highest BCUT2D eigenvalue weighted by molar-refractivity contribution is 7.92. The first kappa shape index (κ1) is 23.2. The van der Waals surface area contributed by atoms with Gasteiger partial charge in [0.2, 0.25) is 15.9 Å². The van der Waals surface area contributed by atoms with Crippen LogP contribution in [-0.2, 0) is 14.8 Å². The van der Waals surface area contributed by atoms with Crippen LogP contribution in [0.1, 0.15) is 0 Å². The van der Waals surface area contributed by atoms with Crippen molar-refractivity contribution in [2.24, 2.45) is 0 Å². The molecule has 0 aliphatic carbocycles. The van der Waals surface area contributed by atoms with Gasteiger partial charge in [-0.3, -0.25) is 9.10 Å². The standard InChI is InChI=1S/C21H17Cl3N2O4S/c1-31(28,29)26(19-9-7-14(22)11-17(19)24)13-21(27)25-18-12-15(23)8-10-20(18)30-16-5-3-2-4-6-16/h2-12H,13H2,1H3,(H,25,27). The minimum Gasteiger partial charge on any atom is -0.455 e. The summed E-state index contributed by atoms with van der Waals surface area (Å²) in [5.74, 6) is 0.294. The average Bonchev–Trinajstić information content (AvgIpc) is 2.69. The Kier molecular flexibility index (Phi) is 7.33. The molecule has 162 valence electrons. The zero-order valence-corrected chi connectivity index (χ0v) is 19.3. The third-order valence-corrected chi connectivity index (χ3v) is 5.95. The van der Waals surface area contributed by atoms with Crippen LogP contribution in [0.25, 0.3) is 0 Å². The highest BCUT2D eigenvalue weighted by Crippen LogP contribution is 2.33. The number of nitrogens with one attached hydrogen (secondary N) is 1. The summed E-state index contributed by atoms with van der Waals surface area (Å²) in [6.07, 6.45) is 0.981. The molecule has 1 N–H and O–H groups in total. The van der Waals surface area contributed by atoms with Crippen molar-refractivity contribution >= 4 is 62.1 Å². The second kappa shape index (κ2) is 9.78. The van der Waals surface area contributed by atoms with Gasteiger partial charge in [-0.2, -0.15) is 0 Å². The largest absolute Gasteiger partial charge is 0.455 e. The molecule has 0 bridgehead atoms. The molecular formula is C21H17Cl3N2O4S. The quantitative estimate of drug-likeness (QED) is 0.443. The lowest BCUT2D eigenvalue weighted by Crippen LogP contribution is -2.37. The maximum absolute atomic E-state index is 12.8. The lowest BCUT2D eigenvalue weighted by atomic mass is 10.2. The van der Waals surface area contributed by atoms with Gasteiger partial charge in [-0.25, -0.2) is 8.42 Å². The first-order chi connectivity index (χ1) is 14.6. The molecule has 0 saturated heterocycles. The molecule has 0 aliphatic heterocycles. The number of halogens is 3. The van der Waals surface area contributed by atoms with Crippen LogP contribution in [0.2, 0.25) is 15.1 Å². The number of carbonyl (C=O) groups is 1. The van der Waals surface area contributed by atoms with Gasteiger partial charge < -0.3 is 10.1 Å². The Labute approximate surface area is 195 Å². The van der Waals surface area contributed by atoms with E-state index in [1.165, 1.54) is 24.3 Å². The maximum Gasteiger partial charge on any atom is 0.245 e. The molecule has 1 amide bonds. The molecule has 0 heterocycles. The lowest BCUT2D eigenvalue weighted by Gasteiger charge is -2.23. The molecule has 3 aromatic rings. The zero-order valence-electron chi connectivity index (χ0n) is 16.2. The van der Waals surface area contributed by atoms with E-state index in [9.17, 15) is 13.2 Å². The van der Waals surface area contributed by atoms with Crippen molar-refractivity contribution in [1.82, 2.24) is 0 Å². The van der Waals surface area contributed by atoms with Crippen molar-refractivity contribution < 1.29 is 17.9 Å². The minimum absolute atomic E-state index is 0.0987. The van der Waals surface area contributed by atoms with E-state index < -0.39 is 22.5 Å². The minimum atomic E-state index is -3.82. The van der Waals surface area contributed by atoms with Gasteiger partial charge in [0.05, 0.1) is 22.7 Å². The summed E-state index contributed by atoms with van der Waals surface area (Å²) in [4.78, 5) is 12.8. The molecule has 0 fully saturated rings. The third-order valence-electron chi connectivity index (χ3n) is 4.05. The molecule has 10 heteroatoms. The number of benzene rings is 3. The maximum atomic E-state index is 12.8. The summed E-state index contributed by atoms with van der Waals surface area (Å²) in [5, 5.41) is 3.46. The smallest absolute Gasteiger partial charge is 0.245 e.